The normalized spacial score (nSPS) is 8.60. The zero-order chi connectivity index (χ0) is 6.69. The fourth-order valence-electron chi connectivity index (χ4n) is 0.771. The summed E-state index contributed by atoms with van der Waals surface area (Å²) in [6, 6.07) is 4.00. The molecule has 0 saturated carbocycles. The lowest BCUT2D eigenvalue weighted by Gasteiger charge is -1.90. The Bertz CT molecular complexity index is 201. The minimum atomic E-state index is 0. The van der Waals surface area contributed by atoms with Crippen LogP contribution in [-0.2, 0) is 13.6 Å². The van der Waals surface area contributed by atoms with Crippen molar-refractivity contribution in [3.63, 3.8) is 0 Å². The second kappa shape index (κ2) is 4.25. The zero-order valence-corrected chi connectivity index (χ0v) is 6.67. The van der Waals surface area contributed by atoms with E-state index in [1.54, 1.807) is 0 Å². The predicted molar refractivity (Wildman–Crippen MR) is 35.5 cm³/mol. The quantitative estimate of drug-likeness (QED) is 0.434. The van der Waals surface area contributed by atoms with Gasteiger partial charge in [0.2, 0.25) is 0 Å². The van der Waals surface area contributed by atoms with Crippen LogP contribution in [0.15, 0.2) is 24.5 Å². The molecule has 0 aliphatic carbocycles. The Kier molecular flexibility index (Phi) is 4.00. The fraction of sp³-hybridized carbons (Fsp3) is 0.286. The van der Waals surface area contributed by atoms with E-state index in [0.29, 0.717) is 6.54 Å². The SMILES string of the molecule is C[n+]1cccc(CN)c1.[Cl-]. The maximum absolute atomic E-state index is 5.41. The van der Waals surface area contributed by atoms with Crippen molar-refractivity contribution >= 4 is 0 Å². The highest BCUT2D eigenvalue weighted by Gasteiger charge is 1.92. The minimum absolute atomic E-state index is 0. The minimum Gasteiger partial charge on any atom is -1.00 e. The highest BCUT2D eigenvalue weighted by molar-refractivity contribution is 5.03. The Labute approximate surface area is 67.1 Å². The maximum Gasteiger partial charge on any atom is 0.173 e. The average molecular weight is 159 g/mol. The lowest BCUT2D eigenvalue weighted by Crippen LogP contribution is -3.00. The van der Waals surface area contributed by atoms with Crippen LogP contribution in [-0.4, -0.2) is 0 Å². The molecular weight excluding hydrogens is 148 g/mol. The number of halogens is 1. The van der Waals surface area contributed by atoms with Crippen molar-refractivity contribution in [3.05, 3.63) is 30.1 Å². The molecule has 1 aromatic rings. The van der Waals surface area contributed by atoms with Gasteiger partial charge in [-0.25, -0.2) is 4.57 Å². The molecule has 0 spiro atoms. The molecule has 1 aromatic heterocycles. The third kappa shape index (κ3) is 2.33. The summed E-state index contributed by atoms with van der Waals surface area (Å²) in [6.45, 7) is 0.620. The topological polar surface area (TPSA) is 29.9 Å². The number of aryl methyl sites for hydroxylation is 1. The molecule has 56 valence electrons. The van der Waals surface area contributed by atoms with Gasteiger partial charge in [0.15, 0.2) is 12.4 Å². The molecule has 0 aliphatic rings. The molecule has 0 aromatic carbocycles. The van der Waals surface area contributed by atoms with Crippen LogP contribution >= 0.6 is 0 Å². The van der Waals surface area contributed by atoms with Gasteiger partial charge in [-0.3, -0.25) is 0 Å². The third-order valence-electron chi connectivity index (χ3n) is 1.24. The van der Waals surface area contributed by atoms with Crippen molar-refractivity contribution in [2.45, 2.75) is 6.54 Å². The van der Waals surface area contributed by atoms with Crippen molar-refractivity contribution in [3.8, 4) is 0 Å². The van der Waals surface area contributed by atoms with Gasteiger partial charge in [0.25, 0.3) is 0 Å². The summed E-state index contributed by atoms with van der Waals surface area (Å²) in [5, 5.41) is 0. The van der Waals surface area contributed by atoms with E-state index in [1.807, 2.05) is 36.1 Å². The van der Waals surface area contributed by atoms with Gasteiger partial charge in [-0.1, -0.05) is 0 Å². The van der Waals surface area contributed by atoms with Gasteiger partial charge in [0.1, 0.15) is 7.05 Å². The van der Waals surface area contributed by atoms with Crippen LogP contribution < -0.4 is 22.7 Å². The first kappa shape index (κ1) is 9.40. The van der Waals surface area contributed by atoms with Gasteiger partial charge in [-0.05, 0) is 6.07 Å². The van der Waals surface area contributed by atoms with Crippen molar-refractivity contribution < 1.29 is 17.0 Å². The summed E-state index contributed by atoms with van der Waals surface area (Å²) < 4.78 is 1.99. The highest BCUT2D eigenvalue weighted by Crippen LogP contribution is 1.89. The molecule has 0 unspecified atom stereocenters. The van der Waals surface area contributed by atoms with E-state index in [9.17, 15) is 0 Å². The second-order valence-electron chi connectivity index (χ2n) is 2.08. The summed E-state index contributed by atoms with van der Waals surface area (Å²) in [5.74, 6) is 0. The van der Waals surface area contributed by atoms with Crippen LogP contribution in [0.5, 0.6) is 0 Å². The summed E-state index contributed by atoms with van der Waals surface area (Å²) in [6.07, 6.45) is 4.00. The molecule has 0 radical (unpaired) electrons. The van der Waals surface area contributed by atoms with Crippen LogP contribution in [0, 0.1) is 0 Å². The highest BCUT2D eigenvalue weighted by atomic mass is 35.5. The largest absolute Gasteiger partial charge is 1.00 e. The van der Waals surface area contributed by atoms with Crippen LogP contribution in [0.1, 0.15) is 5.56 Å². The first-order valence-electron chi connectivity index (χ1n) is 2.97. The van der Waals surface area contributed by atoms with E-state index in [-0.39, 0.29) is 12.4 Å². The van der Waals surface area contributed by atoms with Gasteiger partial charge >= 0.3 is 0 Å². The van der Waals surface area contributed by atoms with Crippen LogP contribution in [0.4, 0.5) is 0 Å². The van der Waals surface area contributed by atoms with Crippen molar-refractivity contribution in [2.75, 3.05) is 0 Å². The molecule has 0 atom stereocenters. The second-order valence-corrected chi connectivity index (χ2v) is 2.08. The molecule has 2 nitrogen and oxygen atoms in total. The molecule has 2 N–H and O–H groups in total. The number of aromatic nitrogens is 1. The van der Waals surface area contributed by atoms with Crippen molar-refractivity contribution in [2.24, 2.45) is 12.8 Å². The van der Waals surface area contributed by atoms with Gasteiger partial charge in [-0.15, -0.1) is 0 Å². The van der Waals surface area contributed by atoms with Gasteiger partial charge in [0.05, 0.1) is 0 Å². The summed E-state index contributed by atoms with van der Waals surface area (Å²) in [4.78, 5) is 0. The predicted octanol–water partition coefficient (Wildman–Crippen LogP) is -3.03. The molecule has 0 amide bonds. The number of hydrogen-bond acceptors (Lipinski definition) is 1. The Balaban J connectivity index is 0.000000810. The van der Waals surface area contributed by atoms with Crippen LogP contribution in [0.25, 0.3) is 0 Å². The molecule has 10 heavy (non-hydrogen) atoms. The first-order chi connectivity index (χ1) is 4.33. The number of pyridine rings is 1. The molecule has 0 bridgehead atoms. The Hall–Kier alpha value is -0.600. The first-order valence-corrected chi connectivity index (χ1v) is 2.97. The number of nitrogens with zero attached hydrogens (tertiary/aromatic N) is 1. The standard InChI is InChI=1S/C7H11N2.ClH/c1-9-4-2-3-7(5-8)6-9;/h2-4,6H,5,8H2,1H3;1H/q+1;/p-1. The number of rotatable bonds is 1. The Morgan fingerprint density at radius 3 is 2.70 bits per heavy atom. The van der Waals surface area contributed by atoms with E-state index in [4.69, 9.17) is 5.73 Å². The lowest BCUT2D eigenvalue weighted by molar-refractivity contribution is -0.671. The monoisotopic (exact) mass is 158 g/mol. The Morgan fingerprint density at radius 2 is 2.30 bits per heavy atom. The summed E-state index contributed by atoms with van der Waals surface area (Å²) in [5.41, 5.74) is 6.57. The molecule has 1 heterocycles. The third-order valence-corrected chi connectivity index (χ3v) is 1.24. The van der Waals surface area contributed by atoms with E-state index in [1.165, 1.54) is 5.56 Å². The number of nitrogens with two attached hydrogens (primary N) is 1. The maximum atomic E-state index is 5.41. The molecular formula is C7H11ClN2. The van der Waals surface area contributed by atoms with E-state index in [0.717, 1.165) is 0 Å². The van der Waals surface area contributed by atoms with E-state index >= 15 is 0 Å². The van der Waals surface area contributed by atoms with Gasteiger partial charge < -0.3 is 18.1 Å². The molecule has 1 rings (SSSR count). The van der Waals surface area contributed by atoms with Crippen LogP contribution in [0.3, 0.4) is 0 Å². The molecule has 0 fully saturated rings. The van der Waals surface area contributed by atoms with Crippen molar-refractivity contribution in [1.82, 2.24) is 0 Å². The van der Waals surface area contributed by atoms with E-state index < -0.39 is 0 Å². The molecule has 0 aliphatic heterocycles. The number of hydrogen-bond donors (Lipinski definition) is 1. The van der Waals surface area contributed by atoms with E-state index in [2.05, 4.69) is 0 Å². The lowest BCUT2D eigenvalue weighted by atomic mass is 10.3. The Morgan fingerprint density at radius 1 is 1.60 bits per heavy atom. The summed E-state index contributed by atoms with van der Waals surface area (Å²) >= 11 is 0. The van der Waals surface area contributed by atoms with Gasteiger partial charge in [0, 0.05) is 18.2 Å². The van der Waals surface area contributed by atoms with Crippen molar-refractivity contribution in [1.29, 1.82) is 0 Å². The molecule has 0 saturated heterocycles. The molecule has 3 heteroatoms. The fourth-order valence-corrected chi connectivity index (χ4v) is 0.771. The average Bonchev–Trinajstić information content (AvgIpc) is 1.88. The smallest absolute Gasteiger partial charge is 0.173 e. The van der Waals surface area contributed by atoms with Crippen LogP contribution in [0.2, 0.25) is 0 Å². The summed E-state index contributed by atoms with van der Waals surface area (Å²) in [7, 11) is 1.99. The zero-order valence-electron chi connectivity index (χ0n) is 5.92. The van der Waals surface area contributed by atoms with Gasteiger partial charge in [-0.2, -0.15) is 0 Å².